The monoisotopic (exact) mass is 247 g/mol. The third-order valence-corrected chi connectivity index (χ3v) is 2.92. The fraction of sp³-hybridized carbons (Fsp3) is 0.556. The molecule has 15 heavy (non-hydrogen) atoms. The molecule has 0 saturated carbocycles. The minimum Gasteiger partial charge on any atom is -0.381 e. The first kappa shape index (κ1) is 10.9. The number of halogens is 2. The molecule has 0 unspecified atom stereocenters. The van der Waals surface area contributed by atoms with E-state index in [9.17, 15) is 0 Å². The van der Waals surface area contributed by atoms with Crippen molar-refractivity contribution in [3.63, 3.8) is 0 Å². The van der Waals surface area contributed by atoms with Crippen molar-refractivity contribution in [3.8, 4) is 0 Å². The van der Waals surface area contributed by atoms with Crippen molar-refractivity contribution in [2.24, 2.45) is 0 Å². The predicted octanol–water partition coefficient (Wildman–Crippen LogP) is 2.37. The van der Waals surface area contributed by atoms with E-state index in [1.54, 1.807) is 0 Å². The predicted molar refractivity (Wildman–Crippen MR) is 59.5 cm³/mol. The SMILES string of the molecule is Clc1cnc(NC2CCOCC2)nc1Cl. The summed E-state index contributed by atoms with van der Waals surface area (Å²) in [7, 11) is 0. The first-order valence-corrected chi connectivity index (χ1v) is 5.53. The van der Waals surface area contributed by atoms with Gasteiger partial charge < -0.3 is 10.1 Å². The highest BCUT2D eigenvalue weighted by Gasteiger charge is 2.14. The number of nitrogens with zero attached hydrogens (tertiary/aromatic N) is 2. The number of hydrogen-bond acceptors (Lipinski definition) is 4. The van der Waals surface area contributed by atoms with Crippen LogP contribution < -0.4 is 5.32 Å². The molecule has 1 aliphatic rings. The zero-order chi connectivity index (χ0) is 10.7. The molecule has 1 N–H and O–H groups in total. The summed E-state index contributed by atoms with van der Waals surface area (Å²) in [5, 5.41) is 3.85. The van der Waals surface area contributed by atoms with E-state index in [0.717, 1.165) is 26.1 Å². The number of ether oxygens (including phenoxy) is 1. The topological polar surface area (TPSA) is 47.0 Å². The summed E-state index contributed by atoms with van der Waals surface area (Å²) in [5.74, 6) is 0.524. The van der Waals surface area contributed by atoms with Crippen molar-refractivity contribution in [1.29, 1.82) is 0 Å². The Hall–Kier alpha value is -0.580. The van der Waals surface area contributed by atoms with Gasteiger partial charge in [0.25, 0.3) is 0 Å². The van der Waals surface area contributed by atoms with Gasteiger partial charge in [-0.3, -0.25) is 0 Å². The van der Waals surface area contributed by atoms with Crippen molar-refractivity contribution in [3.05, 3.63) is 16.4 Å². The molecule has 1 aromatic rings. The van der Waals surface area contributed by atoms with Gasteiger partial charge in [-0.2, -0.15) is 4.98 Å². The Bertz CT molecular complexity index is 342. The highest BCUT2D eigenvalue weighted by atomic mass is 35.5. The van der Waals surface area contributed by atoms with Crippen LogP contribution in [-0.2, 0) is 4.74 Å². The van der Waals surface area contributed by atoms with Gasteiger partial charge in [0.05, 0.1) is 11.2 Å². The second kappa shape index (κ2) is 4.96. The second-order valence-electron chi connectivity index (χ2n) is 3.36. The number of aromatic nitrogens is 2. The van der Waals surface area contributed by atoms with E-state index in [1.807, 2.05) is 0 Å². The number of nitrogens with one attached hydrogen (secondary N) is 1. The number of anilines is 1. The van der Waals surface area contributed by atoms with Crippen molar-refractivity contribution in [1.82, 2.24) is 9.97 Å². The minimum absolute atomic E-state index is 0.279. The molecule has 6 heteroatoms. The molecular weight excluding hydrogens is 237 g/mol. The number of rotatable bonds is 2. The molecule has 0 amide bonds. The van der Waals surface area contributed by atoms with Crippen LogP contribution in [0.25, 0.3) is 0 Å². The quantitative estimate of drug-likeness (QED) is 0.816. The van der Waals surface area contributed by atoms with Gasteiger partial charge in [-0.15, -0.1) is 0 Å². The highest BCUT2D eigenvalue weighted by molar-refractivity contribution is 6.41. The lowest BCUT2D eigenvalue weighted by molar-refractivity contribution is 0.0903. The molecule has 0 spiro atoms. The van der Waals surface area contributed by atoms with Crippen LogP contribution in [0.5, 0.6) is 0 Å². The van der Waals surface area contributed by atoms with E-state index in [1.165, 1.54) is 6.20 Å². The third kappa shape index (κ3) is 2.93. The van der Waals surface area contributed by atoms with E-state index in [0.29, 0.717) is 17.0 Å². The molecule has 0 bridgehead atoms. The Morgan fingerprint density at radius 3 is 2.73 bits per heavy atom. The molecule has 0 atom stereocenters. The van der Waals surface area contributed by atoms with E-state index in [2.05, 4.69) is 15.3 Å². The molecule has 0 radical (unpaired) electrons. The lowest BCUT2D eigenvalue weighted by Gasteiger charge is -2.22. The third-order valence-electron chi connectivity index (χ3n) is 2.26. The van der Waals surface area contributed by atoms with Gasteiger partial charge in [0.15, 0.2) is 5.15 Å². The van der Waals surface area contributed by atoms with Crippen LogP contribution in [0.4, 0.5) is 5.95 Å². The Kier molecular flexibility index (Phi) is 3.61. The van der Waals surface area contributed by atoms with Crippen LogP contribution in [0.15, 0.2) is 6.20 Å². The molecule has 0 aliphatic carbocycles. The fourth-order valence-corrected chi connectivity index (χ4v) is 1.66. The van der Waals surface area contributed by atoms with Crippen LogP contribution in [0.2, 0.25) is 10.2 Å². The molecule has 1 saturated heterocycles. The standard InChI is InChI=1S/C9H11Cl2N3O/c10-7-5-12-9(14-8(7)11)13-6-1-3-15-4-2-6/h5-6H,1-4H2,(H,12,13,14). The molecule has 1 aliphatic heterocycles. The zero-order valence-electron chi connectivity index (χ0n) is 8.04. The van der Waals surface area contributed by atoms with Crippen molar-refractivity contribution in [2.75, 3.05) is 18.5 Å². The lowest BCUT2D eigenvalue weighted by Crippen LogP contribution is -2.28. The van der Waals surface area contributed by atoms with Crippen LogP contribution in [0.3, 0.4) is 0 Å². The molecule has 82 valence electrons. The number of hydrogen-bond donors (Lipinski definition) is 1. The Balaban J connectivity index is 2.00. The van der Waals surface area contributed by atoms with Crippen molar-refractivity contribution in [2.45, 2.75) is 18.9 Å². The van der Waals surface area contributed by atoms with E-state index < -0.39 is 0 Å². The highest BCUT2D eigenvalue weighted by Crippen LogP contribution is 2.20. The molecule has 2 heterocycles. The maximum Gasteiger partial charge on any atom is 0.224 e. The average Bonchev–Trinajstić information content (AvgIpc) is 2.25. The maximum atomic E-state index is 5.78. The normalized spacial score (nSPS) is 17.7. The van der Waals surface area contributed by atoms with Crippen LogP contribution in [0.1, 0.15) is 12.8 Å². The lowest BCUT2D eigenvalue weighted by atomic mass is 10.1. The smallest absolute Gasteiger partial charge is 0.224 e. The Morgan fingerprint density at radius 1 is 1.33 bits per heavy atom. The van der Waals surface area contributed by atoms with Crippen molar-refractivity contribution >= 4 is 29.2 Å². The molecule has 1 aromatic heterocycles. The summed E-state index contributed by atoms with van der Waals surface area (Å²) < 4.78 is 5.25. The molecule has 2 rings (SSSR count). The summed E-state index contributed by atoms with van der Waals surface area (Å²) >= 11 is 11.5. The Labute approximate surface area is 98.0 Å². The van der Waals surface area contributed by atoms with Gasteiger partial charge in [-0.1, -0.05) is 23.2 Å². The van der Waals surface area contributed by atoms with Gasteiger partial charge in [0.2, 0.25) is 5.95 Å². The summed E-state index contributed by atoms with van der Waals surface area (Å²) in [6, 6.07) is 0.357. The first-order chi connectivity index (χ1) is 7.25. The van der Waals surface area contributed by atoms with Gasteiger partial charge >= 0.3 is 0 Å². The van der Waals surface area contributed by atoms with Crippen molar-refractivity contribution < 1.29 is 4.74 Å². The minimum atomic E-state index is 0.279. The average molecular weight is 248 g/mol. The van der Waals surface area contributed by atoms with Crippen LogP contribution in [0, 0.1) is 0 Å². The summed E-state index contributed by atoms with van der Waals surface area (Å²) in [5.41, 5.74) is 0. The van der Waals surface area contributed by atoms with E-state index in [4.69, 9.17) is 27.9 Å². The largest absolute Gasteiger partial charge is 0.381 e. The summed E-state index contributed by atoms with van der Waals surface area (Å²) in [6.07, 6.45) is 3.42. The van der Waals surface area contributed by atoms with Crippen LogP contribution >= 0.6 is 23.2 Å². The van der Waals surface area contributed by atoms with Gasteiger partial charge in [0.1, 0.15) is 0 Å². The first-order valence-electron chi connectivity index (χ1n) is 4.78. The summed E-state index contributed by atoms with van der Waals surface area (Å²) in [4.78, 5) is 8.09. The molecule has 1 fully saturated rings. The van der Waals surface area contributed by atoms with Gasteiger partial charge in [-0.25, -0.2) is 4.98 Å². The van der Waals surface area contributed by atoms with Crippen LogP contribution in [-0.4, -0.2) is 29.2 Å². The van der Waals surface area contributed by atoms with Gasteiger partial charge in [0, 0.05) is 19.3 Å². The fourth-order valence-electron chi connectivity index (χ4n) is 1.44. The zero-order valence-corrected chi connectivity index (χ0v) is 9.55. The second-order valence-corrected chi connectivity index (χ2v) is 4.13. The molecule has 0 aromatic carbocycles. The van der Waals surface area contributed by atoms with E-state index in [-0.39, 0.29) is 5.15 Å². The molecular formula is C9H11Cl2N3O. The summed E-state index contributed by atoms with van der Waals surface area (Å²) in [6.45, 7) is 1.55. The Morgan fingerprint density at radius 2 is 2.07 bits per heavy atom. The molecule has 4 nitrogen and oxygen atoms in total. The maximum absolute atomic E-state index is 5.78. The van der Waals surface area contributed by atoms with Gasteiger partial charge in [-0.05, 0) is 12.8 Å². The van der Waals surface area contributed by atoms with E-state index >= 15 is 0 Å².